The third-order valence-electron chi connectivity index (χ3n) is 5.67. The van der Waals surface area contributed by atoms with Gasteiger partial charge in [0.15, 0.2) is 0 Å². The molecule has 3 aromatic rings. The molecule has 0 bridgehead atoms. The summed E-state index contributed by atoms with van der Waals surface area (Å²) in [5.74, 6) is 1.96. The zero-order valence-corrected chi connectivity index (χ0v) is 19.1. The van der Waals surface area contributed by atoms with Crippen molar-refractivity contribution in [2.45, 2.75) is 52.2 Å². The summed E-state index contributed by atoms with van der Waals surface area (Å²) in [6.45, 7) is 6.38. The fourth-order valence-electron chi connectivity index (χ4n) is 4.07. The van der Waals surface area contributed by atoms with Crippen LogP contribution >= 0.6 is 11.3 Å². The first kappa shape index (κ1) is 22.0. The van der Waals surface area contributed by atoms with Gasteiger partial charge in [-0.25, -0.2) is 4.98 Å². The van der Waals surface area contributed by atoms with E-state index in [9.17, 15) is 9.90 Å². The summed E-state index contributed by atoms with van der Waals surface area (Å²) < 4.78 is 5.71. The van der Waals surface area contributed by atoms with Gasteiger partial charge in [-0.3, -0.25) is 9.69 Å². The second-order valence-electron chi connectivity index (χ2n) is 8.75. The van der Waals surface area contributed by atoms with E-state index in [0.717, 1.165) is 48.2 Å². The van der Waals surface area contributed by atoms with Gasteiger partial charge < -0.3 is 14.8 Å². The van der Waals surface area contributed by atoms with Crippen LogP contribution in [0.15, 0.2) is 35.1 Å². The second-order valence-corrected chi connectivity index (χ2v) is 9.83. The molecule has 1 unspecified atom stereocenters. The van der Waals surface area contributed by atoms with Crippen LogP contribution in [-0.4, -0.2) is 45.8 Å². The molecule has 166 valence electrons. The lowest BCUT2D eigenvalue weighted by Crippen LogP contribution is -2.37. The molecule has 1 atom stereocenters. The Balaban J connectivity index is 1.45. The number of nitrogens with zero attached hydrogens (tertiary/aromatic N) is 2. The molecule has 1 aliphatic rings. The normalized spacial score (nSPS) is 14.5. The van der Waals surface area contributed by atoms with Crippen LogP contribution in [0.4, 0.5) is 0 Å². The molecule has 7 heteroatoms. The van der Waals surface area contributed by atoms with Gasteiger partial charge in [0.25, 0.3) is 5.56 Å². The number of aliphatic hydroxyl groups excluding tert-OH is 1. The Morgan fingerprint density at radius 3 is 2.84 bits per heavy atom. The molecule has 4 rings (SSSR count). The number of rotatable bonds is 10. The van der Waals surface area contributed by atoms with E-state index < -0.39 is 6.10 Å². The zero-order chi connectivity index (χ0) is 21.8. The first-order valence-corrected chi connectivity index (χ1v) is 11.9. The van der Waals surface area contributed by atoms with Gasteiger partial charge in [0, 0.05) is 11.4 Å². The van der Waals surface area contributed by atoms with Gasteiger partial charge in [-0.05, 0) is 55.8 Å². The standard InChI is InChI=1S/C24H31N3O3S/c1-16(2)11-12-27(13-17(28)15-30-18-7-4-3-5-8-18)14-21-25-23(29)22-19-9-6-10-20(19)31-24(22)26-21/h3-5,7-8,16-17,28H,6,9-15H2,1-2H3,(H,25,26,29). The fourth-order valence-corrected chi connectivity index (χ4v) is 5.35. The number of aromatic amines is 1. The second kappa shape index (κ2) is 9.94. The van der Waals surface area contributed by atoms with Gasteiger partial charge >= 0.3 is 0 Å². The van der Waals surface area contributed by atoms with Crippen LogP contribution in [0.2, 0.25) is 0 Å². The largest absolute Gasteiger partial charge is 0.491 e. The van der Waals surface area contributed by atoms with Crippen molar-refractivity contribution < 1.29 is 9.84 Å². The minimum atomic E-state index is -0.631. The molecule has 6 nitrogen and oxygen atoms in total. The van der Waals surface area contributed by atoms with Crippen molar-refractivity contribution in [3.8, 4) is 5.75 Å². The Kier molecular flexibility index (Phi) is 7.05. The van der Waals surface area contributed by atoms with Gasteiger partial charge in [-0.2, -0.15) is 0 Å². The molecule has 0 aliphatic heterocycles. The molecule has 0 saturated carbocycles. The van der Waals surface area contributed by atoms with Gasteiger partial charge in [-0.15, -0.1) is 11.3 Å². The molecule has 1 aromatic carbocycles. The highest BCUT2D eigenvalue weighted by molar-refractivity contribution is 7.18. The van der Waals surface area contributed by atoms with Crippen molar-refractivity contribution in [3.63, 3.8) is 0 Å². The Morgan fingerprint density at radius 1 is 1.26 bits per heavy atom. The fraction of sp³-hybridized carbons (Fsp3) is 0.500. The SMILES string of the molecule is CC(C)CCN(Cc1nc2sc3c(c2c(=O)[nH]1)CCC3)CC(O)COc1ccccc1. The average Bonchev–Trinajstić information content (AvgIpc) is 3.32. The first-order chi connectivity index (χ1) is 15.0. The quantitative estimate of drug-likeness (QED) is 0.501. The van der Waals surface area contributed by atoms with Crippen molar-refractivity contribution in [1.29, 1.82) is 0 Å². The molecule has 0 spiro atoms. The van der Waals surface area contributed by atoms with Crippen molar-refractivity contribution in [1.82, 2.24) is 14.9 Å². The maximum Gasteiger partial charge on any atom is 0.259 e. The Labute approximate surface area is 186 Å². The van der Waals surface area contributed by atoms with Gasteiger partial charge in [0.05, 0.1) is 11.9 Å². The summed E-state index contributed by atoms with van der Waals surface area (Å²) in [5, 5.41) is 11.4. The molecule has 0 fully saturated rings. The number of para-hydroxylation sites is 1. The molecule has 2 heterocycles. The lowest BCUT2D eigenvalue weighted by Gasteiger charge is -2.25. The highest BCUT2D eigenvalue weighted by atomic mass is 32.1. The van der Waals surface area contributed by atoms with E-state index in [2.05, 4.69) is 23.7 Å². The molecule has 0 radical (unpaired) electrons. The summed E-state index contributed by atoms with van der Waals surface area (Å²) in [4.78, 5) is 24.9. The Morgan fingerprint density at radius 2 is 2.06 bits per heavy atom. The summed E-state index contributed by atoms with van der Waals surface area (Å²) in [6, 6.07) is 9.52. The van der Waals surface area contributed by atoms with E-state index in [1.165, 1.54) is 10.4 Å². The van der Waals surface area contributed by atoms with E-state index >= 15 is 0 Å². The third-order valence-corrected chi connectivity index (χ3v) is 6.86. The predicted octanol–water partition coefficient (Wildman–Crippen LogP) is 3.76. The average molecular weight is 442 g/mol. The molecule has 31 heavy (non-hydrogen) atoms. The van der Waals surface area contributed by atoms with Gasteiger partial charge in [0.2, 0.25) is 0 Å². The van der Waals surface area contributed by atoms with Crippen LogP contribution in [0, 0.1) is 5.92 Å². The highest BCUT2D eigenvalue weighted by Gasteiger charge is 2.22. The van der Waals surface area contributed by atoms with Crippen molar-refractivity contribution >= 4 is 21.6 Å². The lowest BCUT2D eigenvalue weighted by atomic mass is 10.1. The molecular weight excluding hydrogens is 410 g/mol. The summed E-state index contributed by atoms with van der Waals surface area (Å²) >= 11 is 1.66. The maximum absolute atomic E-state index is 12.8. The van der Waals surface area contributed by atoms with E-state index in [0.29, 0.717) is 24.8 Å². The molecular formula is C24H31N3O3S. The number of nitrogens with one attached hydrogen (secondary N) is 1. The van der Waals surface area contributed by atoms with Crippen LogP contribution in [0.25, 0.3) is 10.2 Å². The molecule has 1 aliphatic carbocycles. The number of aliphatic hydroxyl groups is 1. The number of H-pyrrole nitrogens is 1. The van der Waals surface area contributed by atoms with Crippen LogP contribution in [0.3, 0.4) is 0 Å². The number of hydrogen-bond acceptors (Lipinski definition) is 6. The smallest absolute Gasteiger partial charge is 0.259 e. The zero-order valence-electron chi connectivity index (χ0n) is 18.3. The number of aryl methyl sites for hydroxylation is 2. The molecule has 0 amide bonds. The predicted molar refractivity (Wildman–Crippen MR) is 125 cm³/mol. The van der Waals surface area contributed by atoms with Crippen molar-refractivity contribution in [2.75, 3.05) is 19.7 Å². The number of benzene rings is 1. The lowest BCUT2D eigenvalue weighted by molar-refractivity contribution is 0.0631. The maximum atomic E-state index is 12.8. The van der Waals surface area contributed by atoms with Crippen molar-refractivity contribution in [3.05, 3.63) is 57.0 Å². The van der Waals surface area contributed by atoms with Gasteiger partial charge in [-0.1, -0.05) is 32.0 Å². The number of fused-ring (bicyclic) bond motifs is 3. The van der Waals surface area contributed by atoms with Crippen molar-refractivity contribution in [2.24, 2.45) is 5.92 Å². The van der Waals surface area contributed by atoms with E-state index in [-0.39, 0.29) is 12.2 Å². The Hall–Kier alpha value is -2.22. The number of ether oxygens (including phenoxy) is 1. The minimum absolute atomic E-state index is 0.0313. The molecule has 2 aromatic heterocycles. The topological polar surface area (TPSA) is 78.5 Å². The summed E-state index contributed by atoms with van der Waals surface area (Å²) in [7, 11) is 0. The number of aromatic nitrogens is 2. The van der Waals surface area contributed by atoms with Crippen LogP contribution in [-0.2, 0) is 19.4 Å². The van der Waals surface area contributed by atoms with E-state index in [1.54, 1.807) is 11.3 Å². The van der Waals surface area contributed by atoms with Gasteiger partial charge in [0.1, 0.15) is 29.1 Å². The monoisotopic (exact) mass is 441 g/mol. The summed E-state index contributed by atoms with van der Waals surface area (Å²) in [5.41, 5.74) is 1.17. The first-order valence-electron chi connectivity index (χ1n) is 11.1. The highest BCUT2D eigenvalue weighted by Crippen LogP contribution is 2.34. The minimum Gasteiger partial charge on any atom is -0.491 e. The summed E-state index contributed by atoms with van der Waals surface area (Å²) in [6.07, 6.45) is 3.54. The van der Waals surface area contributed by atoms with Crippen LogP contribution in [0.5, 0.6) is 5.75 Å². The number of hydrogen-bond donors (Lipinski definition) is 2. The van der Waals surface area contributed by atoms with E-state index in [4.69, 9.17) is 9.72 Å². The number of thiophene rings is 1. The molecule has 2 N–H and O–H groups in total. The van der Waals surface area contributed by atoms with E-state index in [1.807, 2.05) is 30.3 Å². The molecule has 0 saturated heterocycles. The van der Waals surface area contributed by atoms with Crippen LogP contribution in [0.1, 0.15) is 43.0 Å². The Bertz CT molecular complexity index is 1060. The van der Waals surface area contributed by atoms with Crippen LogP contribution < -0.4 is 10.3 Å². The third kappa shape index (κ3) is 5.53.